The van der Waals surface area contributed by atoms with Crippen LogP contribution in [0, 0.1) is 0 Å². The van der Waals surface area contributed by atoms with Crippen molar-refractivity contribution in [2.75, 3.05) is 12.3 Å². The van der Waals surface area contributed by atoms with Crippen molar-refractivity contribution in [3.63, 3.8) is 0 Å². The topological polar surface area (TPSA) is 73.4 Å². The Morgan fingerprint density at radius 2 is 2.13 bits per heavy atom. The molecule has 0 saturated carbocycles. The van der Waals surface area contributed by atoms with E-state index in [1.54, 1.807) is 0 Å². The molecule has 0 spiro atoms. The minimum absolute atomic E-state index is 0.0877. The number of aromatic nitrogens is 2. The average Bonchev–Trinajstić information content (AvgIpc) is 3.03. The predicted molar refractivity (Wildman–Crippen MR) is 90.1 cm³/mol. The first-order valence-electron chi connectivity index (χ1n) is 8.05. The Morgan fingerprint density at radius 3 is 2.87 bits per heavy atom. The maximum atomic E-state index is 12.4. The fourth-order valence-corrected chi connectivity index (χ4v) is 3.08. The highest BCUT2D eigenvalue weighted by molar-refractivity contribution is 5.78. The van der Waals surface area contributed by atoms with Gasteiger partial charge in [0.2, 0.25) is 5.95 Å². The largest absolute Gasteiger partial charge is 0.444 e. The second kappa shape index (κ2) is 5.76. The zero-order valence-electron chi connectivity index (χ0n) is 14.0. The molecule has 1 aromatic heterocycles. The van der Waals surface area contributed by atoms with Gasteiger partial charge in [-0.25, -0.2) is 9.78 Å². The number of ether oxygens (including phenoxy) is 1. The molecule has 1 saturated heterocycles. The van der Waals surface area contributed by atoms with Crippen LogP contribution in [0.15, 0.2) is 24.3 Å². The van der Waals surface area contributed by atoms with Crippen LogP contribution in [0.3, 0.4) is 0 Å². The van der Waals surface area contributed by atoms with Crippen molar-refractivity contribution in [2.45, 2.75) is 51.8 Å². The van der Waals surface area contributed by atoms with Gasteiger partial charge in [-0.3, -0.25) is 0 Å². The molecule has 3 rings (SSSR count). The van der Waals surface area contributed by atoms with E-state index < -0.39 is 5.60 Å². The molecule has 0 unspecified atom stereocenters. The van der Waals surface area contributed by atoms with Crippen molar-refractivity contribution >= 4 is 23.1 Å². The molecular formula is C17H24N4O2. The van der Waals surface area contributed by atoms with Gasteiger partial charge in [-0.2, -0.15) is 0 Å². The van der Waals surface area contributed by atoms with Crippen molar-refractivity contribution in [1.29, 1.82) is 0 Å². The van der Waals surface area contributed by atoms with E-state index >= 15 is 0 Å². The molecule has 1 amide bonds. The quantitative estimate of drug-likeness (QED) is 0.924. The number of likely N-dealkylation sites (tertiary alicyclic amines) is 1. The summed E-state index contributed by atoms with van der Waals surface area (Å²) in [7, 11) is 0. The van der Waals surface area contributed by atoms with E-state index in [9.17, 15) is 4.79 Å². The van der Waals surface area contributed by atoms with Gasteiger partial charge in [-0.05, 0) is 45.7 Å². The standard InChI is InChI=1S/C17H24N4O2/c1-17(2,3)23-16(22)20-10-6-7-12(20)11-21-14-9-5-4-8-13(14)19-15(21)18/h4-5,8-9,12H,6-7,10-11H2,1-3H3,(H2,18,19)/t12-/m0/s1. The van der Waals surface area contributed by atoms with Crippen molar-refractivity contribution in [3.8, 4) is 0 Å². The first-order chi connectivity index (χ1) is 10.8. The van der Waals surface area contributed by atoms with Crippen LogP contribution in [0.5, 0.6) is 0 Å². The third-order valence-electron chi connectivity index (χ3n) is 4.08. The average molecular weight is 316 g/mol. The molecule has 0 bridgehead atoms. The number of rotatable bonds is 2. The fraction of sp³-hybridized carbons (Fsp3) is 0.529. The molecule has 1 aliphatic rings. The smallest absolute Gasteiger partial charge is 0.410 e. The molecule has 1 atom stereocenters. The summed E-state index contributed by atoms with van der Waals surface area (Å²) in [6, 6.07) is 7.96. The molecule has 0 aliphatic carbocycles. The number of carbonyl (C=O) groups excluding carboxylic acids is 1. The second-order valence-electron chi connectivity index (χ2n) is 7.04. The first kappa shape index (κ1) is 15.6. The molecule has 2 N–H and O–H groups in total. The number of nitrogens with zero attached hydrogens (tertiary/aromatic N) is 3. The zero-order chi connectivity index (χ0) is 16.6. The monoisotopic (exact) mass is 316 g/mol. The van der Waals surface area contributed by atoms with Crippen molar-refractivity contribution in [3.05, 3.63) is 24.3 Å². The summed E-state index contributed by atoms with van der Waals surface area (Å²) in [5, 5.41) is 0. The molecule has 1 aromatic carbocycles. The van der Waals surface area contributed by atoms with Gasteiger partial charge < -0.3 is 19.9 Å². The molecule has 23 heavy (non-hydrogen) atoms. The van der Waals surface area contributed by atoms with Crippen molar-refractivity contribution < 1.29 is 9.53 Å². The number of imidazole rings is 1. The number of anilines is 1. The number of hydrogen-bond acceptors (Lipinski definition) is 4. The minimum Gasteiger partial charge on any atom is -0.444 e. The van der Waals surface area contributed by atoms with E-state index in [4.69, 9.17) is 10.5 Å². The number of fused-ring (bicyclic) bond motifs is 1. The van der Waals surface area contributed by atoms with Gasteiger partial charge in [-0.1, -0.05) is 12.1 Å². The number of carbonyl (C=O) groups is 1. The van der Waals surface area contributed by atoms with Gasteiger partial charge in [0.05, 0.1) is 17.1 Å². The van der Waals surface area contributed by atoms with Crippen LogP contribution in [0.1, 0.15) is 33.6 Å². The van der Waals surface area contributed by atoms with E-state index in [0.717, 1.165) is 30.4 Å². The van der Waals surface area contributed by atoms with E-state index in [1.165, 1.54) is 0 Å². The highest BCUT2D eigenvalue weighted by atomic mass is 16.6. The highest BCUT2D eigenvalue weighted by Crippen LogP contribution is 2.25. The molecule has 1 fully saturated rings. The molecular weight excluding hydrogens is 292 g/mol. The Labute approximate surface area is 136 Å². The molecule has 2 aromatic rings. The summed E-state index contributed by atoms with van der Waals surface area (Å²) < 4.78 is 7.51. The SMILES string of the molecule is CC(C)(C)OC(=O)N1CCC[C@H]1Cn1c(N)nc2ccccc21. The number of nitrogens with two attached hydrogens (primary N) is 1. The lowest BCUT2D eigenvalue weighted by molar-refractivity contribution is 0.0215. The third kappa shape index (κ3) is 3.25. The molecule has 124 valence electrons. The van der Waals surface area contributed by atoms with Crippen LogP contribution in [0.25, 0.3) is 11.0 Å². The number of para-hydroxylation sites is 2. The maximum Gasteiger partial charge on any atom is 0.410 e. The van der Waals surface area contributed by atoms with Crippen LogP contribution < -0.4 is 5.73 Å². The molecule has 6 nitrogen and oxygen atoms in total. The zero-order valence-corrected chi connectivity index (χ0v) is 14.0. The minimum atomic E-state index is -0.481. The Kier molecular flexibility index (Phi) is 3.92. The Hall–Kier alpha value is -2.24. The summed E-state index contributed by atoms with van der Waals surface area (Å²) in [6.45, 7) is 7.03. The maximum absolute atomic E-state index is 12.4. The Bertz CT molecular complexity index is 717. The summed E-state index contributed by atoms with van der Waals surface area (Å²) in [5.41, 5.74) is 7.47. The number of nitrogen functional groups attached to an aromatic ring is 1. The van der Waals surface area contributed by atoms with Gasteiger partial charge >= 0.3 is 6.09 Å². The van der Waals surface area contributed by atoms with E-state index in [0.29, 0.717) is 12.5 Å². The lowest BCUT2D eigenvalue weighted by atomic mass is 10.2. The molecule has 0 radical (unpaired) electrons. The van der Waals surface area contributed by atoms with Gasteiger partial charge in [-0.15, -0.1) is 0 Å². The molecule has 1 aliphatic heterocycles. The highest BCUT2D eigenvalue weighted by Gasteiger charge is 2.32. The van der Waals surface area contributed by atoms with Crippen molar-refractivity contribution in [2.24, 2.45) is 0 Å². The Morgan fingerprint density at radius 1 is 1.39 bits per heavy atom. The predicted octanol–water partition coefficient (Wildman–Crippen LogP) is 3.02. The molecule has 6 heteroatoms. The van der Waals surface area contributed by atoms with Gasteiger partial charge in [0.1, 0.15) is 5.60 Å². The normalized spacial score (nSPS) is 18.6. The number of benzene rings is 1. The summed E-state index contributed by atoms with van der Waals surface area (Å²) in [6.07, 6.45) is 1.68. The third-order valence-corrected chi connectivity index (χ3v) is 4.08. The van der Waals surface area contributed by atoms with E-state index in [-0.39, 0.29) is 12.1 Å². The first-order valence-corrected chi connectivity index (χ1v) is 8.05. The second-order valence-corrected chi connectivity index (χ2v) is 7.04. The van der Waals surface area contributed by atoms with Crippen LogP contribution in [-0.4, -0.2) is 38.7 Å². The van der Waals surface area contributed by atoms with Crippen LogP contribution >= 0.6 is 0 Å². The lowest BCUT2D eigenvalue weighted by Gasteiger charge is -2.29. The summed E-state index contributed by atoms with van der Waals surface area (Å²) in [4.78, 5) is 18.6. The van der Waals surface area contributed by atoms with Gasteiger partial charge in [0.15, 0.2) is 0 Å². The number of hydrogen-bond donors (Lipinski definition) is 1. The Balaban J connectivity index is 1.81. The van der Waals surface area contributed by atoms with Gasteiger partial charge in [0.25, 0.3) is 0 Å². The van der Waals surface area contributed by atoms with Gasteiger partial charge in [0, 0.05) is 13.1 Å². The molecule has 2 heterocycles. The van der Waals surface area contributed by atoms with Crippen molar-refractivity contribution in [1.82, 2.24) is 14.5 Å². The summed E-state index contributed by atoms with van der Waals surface area (Å²) in [5.74, 6) is 0.488. The van der Waals surface area contributed by atoms with Crippen LogP contribution in [0.2, 0.25) is 0 Å². The fourth-order valence-electron chi connectivity index (χ4n) is 3.08. The van der Waals surface area contributed by atoms with Crippen LogP contribution in [-0.2, 0) is 11.3 Å². The lowest BCUT2D eigenvalue weighted by Crippen LogP contribution is -2.41. The van der Waals surface area contributed by atoms with E-state index in [2.05, 4.69) is 4.98 Å². The van der Waals surface area contributed by atoms with E-state index in [1.807, 2.05) is 54.5 Å². The number of amides is 1. The summed E-state index contributed by atoms with van der Waals surface area (Å²) >= 11 is 0. The van der Waals surface area contributed by atoms with Crippen LogP contribution in [0.4, 0.5) is 10.7 Å².